The molecule has 19 heavy (non-hydrogen) atoms. The second kappa shape index (κ2) is 6.15. The quantitative estimate of drug-likeness (QED) is 0.701. The Hall–Kier alpha value is -2.89. The average molecular weight is 260 g/mol. The number of rotatable bonds is 5. The molecule has 6 nitrogen and oxygen atoms in total. The van der Waals surface area contributed by atoms with Crippen molar-refractivity contribution in [2.75, 3.05) is 10.6 Å². The van der Waals surface area contributed by atoms with E-state index in [0.29, 0.717) is 0 Å². The molecule has 6 heteroatoms. The number of nitrogens with one attached hydrogen (secondary N) is 2. The molecule has 0 aliphatic carbocycles. The summed E-state index contributed by atoms with van der Waals surface area (Å²) in [6.07, 6.45) is 2.09. The van der Waals surface area contributed by atoms with E-state index in [1.165, 1.54) is 18.2 Å². The minimum absolute atomic E-state index is 0.0176. The van der Waals surface area contributed by atoms with E-state index in [4.69, 9.17) is 5.11 Å². The standard InChI is InChI=1S/C13H12N2O4/c1-3-11(16)14-9-6-5-8(13(18)19)7-10(9)15-12(17)4-2/h3-7H,1-2H2,(H,14,16)(H,15,17)(H,18,19). The van der Waals surface area contributed by atoms with Crippen LogP contribution in [-0.2, 0) is 9.59 Å². The van der Waals surface area contributed by atoms with Gasteiger partial charge in [-0.2, -0.15) is 0 Å². The summed E-state index contributed by atoms with van der Waals surface area (Å²) in [5, 5.41) is 13.8. The van der Waals surface area contributed by atoms with Crippen LogP contribution >= 0.6 is 0 Å². The first-order valence-corrected chi connectivity index (χ1v) is 5.22. The zero-order valence-corrected chi connectivity index (χ0v) is 9.97. The molecular weight excluding hydrogens is 248 g/mol. The van der Waals surface area contributed by atoms with Gasteiger partial charge in [0.15, 0.2) is 0 Å². The fraction of sp³-hybridized carbons (Fsp3) is 0. The predicted octanol–water partition coefficient (Wildman–Crippen LogP) is 1.63. The van der Waals surface area contributed by atoms with Gasteiger partial charge in [0.05, 0.1) is 16.9 Å². The normalized spacial score (nSPS) is 9.26. The number of carboxylic acids is 1. The van der Waals surface area contributed by atoms with Crippen LogP contribution in [0.5, 0.6) is 0 Å². The molecule has 0 saturated carbocycles. The Morgan fingerprint density at radius 3 is 2.00 bits per heavy atom. The summed E-state index contributed by atoms with van der Waals surface area (Å²) >= 11 is 0. The number of carbonyl (C=O) groups is 3. The van der Waals surface area contributed by atoms with Crippen LogP contribution in [0.3, 0.4) is 0 Å². The minimum atomic E-state index is -1.14. The maximum absolute atomic E-state index is 11.3. The highest BCUT2D eigenvalue weighted by Gasteiger charge is 2.11. The molecule has 0 heterocycles. The minimum Gasteiger partial charge on any atom is -0.478 e. The largest absolute Gasteiger partial charge is 0.478 e. The van der Waals surface area contributed by atoms with Gasteiger partial charge >= 0.3 is 5.97 Å². The van der Waals surface area contributed by atoms with E-state index in [-0.39, 0.29) is 16.9 Å². The molecule has 3 N–H and O–H groups in total. The van der Waals surface area contributed by atoms with Crippen LogP contribution in [0.25, 0.3) is 0 Å². The molecule has 2 amide bonds. The molecule has 1 rings (SSSR count). The van der Waals surface area contributed by atoms with Gasteiger partial charge in [-0.15, -0.1) is 0 Å². The number of carbonyl (C=O) groups excluding carboxylic acids is 2. The second-order valence-electron chi connectivity index (χ2n) is 3.45. The fourth-order valence-corrected chi connectivity index (χ4v) is 1.26. The lowest BCUT2D eigenvalue weighted by Gasteiger charge is -2.11. The van der Waals surface area contributed by atoms with Crippen LogP contribution in [0.2, 0.25) is 0 Å². The molecule has 0 fully saturated rings. The van der Waals surface area contributed by atoms with E-state index in [2.05, 4.69) is 23.8 Å². The third-order valence-corrected chi connectivity index (χ3v) is 2.15. The van der Waals surface area contributed by atoms with Crippen molar-refractivity contribution in [2.45, 2.75) is 0 Å². The summed E-state index contributed by atoms with van der Waals surface area (Å²) in [7, 11) is 0. The highest BCUT2D eigenvalue weighted by Crippen LogP contribution is 2.23. The Kier molecular flexibility index (Phi) is 4.59. The molecule has 0 aromatic heterocycles. The summed E-state index contributed by atoms with van der Waals surface area (Å²) in [6.45, 7) is 6.59. The van der Waals surface area contributed by atoms with Gasteiger partial charge in [-0.1, -0.05) is 13.2 Å². The van der Waals surface area contributed by atoms with Crippen LogP contribution in [-0.4, -0.2) is 22.9 Å². The van der Waals surface area contributed by atoms with Crippen molar-refractivity contribution < 1.29 is 19.5 Å². The maximum Gasteiger partial charge on any atom is 0.335 e. The molecule has 0 spiro atoms. The van der Waals surface area contributed by atoms with Gasteiger partial charge in [0, 0.05) is 0 Å². The Morgan fingerprint density at radius 2 is 1.53 bits per heavy atom. The second-order valence-corrected chi connectivity index (χ2v) is 3.45. The lowest BCUT2D eigenvalue weighted by Crippen LogP contribution is -2.14. The van der Waals surface area contributed by atoms with Gasteiger partial charge < -0.3 is 15.7 Å². The van der Waals surface area contributed by atoms with E-state index in [1.54, 1.807) is 0 Å². The Bertz CT molecular complexity index is 564. The van der Waals surface area contributed by atoms with Gasteiger partial charge in [-0.05, 0) is 30.4 Å². The number of anilines is 2. The first-order valence-electron chi connectivity index (χ1n) is 5.22. The predicted molar refractivity (Wildman–Crippen MR) is 71.1 cm³/mol. The van der Waals surface area contributed by atoms with Crippen LogP contribution in [0.1, 0.15) is 10.4 Å². The molecule has 0 radical (unpaired) electrons. The molecule has 0 aliphatic rings. The van der Waals surface area contributed by atoms with Crippen molar-refractivity contribution in [2.24, 2.45) is 0 Å². The first-order chi connectivity index (χ1) is 8.97. The summed E-state index contributed by atoms with van der Waals surface area (Å²) in [5.74, 6) is -2.13. The fourth-order valence-electron chi connectivity index (χ4n) is 1.26. The summed E-state index contributed by atoms with van der Waals surface area (Å²) in [6, 6.07) is 3.93. The molecule has 1 aromatic carbocycles. The summed E-state index contributed by atoms with van der Waals surface area (Å²) < 4.78 is 0. The van der Waals surface area contributed by atoms with E-state index < -0.39 is 17.8 Å². The van der Waals surface area contributed by atoms with Crippen molar-refractivity contribution in [1.29, 1.82) is 0 Å². The Morgan fingerprint density at radius 1 is 1.00 bits per heavy atom. The number of hydrogen-bond donors (Lipinski definition) is 3. The summed E-state index contributed by atoms with van der Waals surface area (Å²) in [4.78, 5) is 33.4. The van der Waals surface area contributed by atoms with Crippen molar-refractivity contribution >= 4 is 29.2 Å². The molecule has 0 bridgehead atoms. The van der Waals surface area contributed by atoms with Crippen molar-refractivity contribution in [1.82, 2.24) is 0 Å². The van der Waals surface area contributed by atoms with Gasteiger partial charge in [-0.3, -0.25) is 9.59 Å². The lowest BCUT2D eigenvalue weighted by molar-refractivity contribution is -0.112. The SMILES string of the molecule is C=CC(=O)Nc1ccc(C(=O)O)cc1NC(=O)C=C. The lowest BCUT2D eigenvalue weighted by atomic mass is 10.1. The monoisotopic (exact) mass is 260 g/mol. The topological polar surface area (TPSA) is 95.5 Å². The van der Waals surface area contributed by atoms with Crippen molar-refractivity contribution in [3.8, 4) is 0 Å². The van der Waals surface area contributed by atoms with E-state index in [9.17, 15) is 14.4 Å². The Labute approximate surface area is 109 Å². The number of aromatic carboxylic acids is 1. The van der Waals surface area contributed by atoms with Gasteiger partial charge in [0.2, 0.25) is 11.8 Å². The summed E-state index contributed by atoms with van der Waals surface area (Å²) in [5.41, 5.74) is 0.418. The average Bonchev–Trinajstić information content (AvgIpc) is 2.39. The number of benzene rings is 1. The highest BCUT2D eigenvalue weighted by atomic mass is 16.4. The van der Waals surface area contributed by atoms with Crippen molar-refractivity contribution in [3.05, 3.63) is 49.1 Å². The molecule has 0 atom stereocenters. The van der Waals surface area contributed by atoms with Crippen LogP contribution in [0, 0.1) is 0 Å². The van der Waals surface area contributed by atoms with E-state index in [0.717, 1.165) is 12.2 Å². The van der Waals surface area contributed by atoms with Crippen LogP contribution < -0.4 is 10.6 Å². The number of amides is 2. The van der Waals surface area contributed by atoms with Gasteiger partial charge in [0.1, 0.15) is 0 Å². The molecule has 98 valence electrons. The van der Waals surface area contributed by atoms with Gasteiger partial charge in [0.25, 0.3) is 0 Å². The van der Waals surface area contributed by atoms with Crippen LogP contribution in [0.15, 0.2) is 43.5 Å². The zero-order chi connectivity index (χ0) is 14.4. The van der Waals surface area contributed by atoms with E-state index in [1.807, 2.05) is 0 Å². The third-order valence-electron chi connectivity index (χ3n) is 2.15. The van der Waals surface area contributed by atoms with Crippen LogP contribution in [0.4, 0.5) is 11.4 Å². The van der Waals surface area contributed by atoms with E-state index >= 15 is 0 Å². The smallest absolute Gasteiger partial charge is 0.335 e. The molecule has 0 aliphatic heterocycles. The van der Waals surface area contributed by atoms with Crippen molar-refractivity contribution in [3.63, 3.8) is 0 Å². The third kappa shape index (κ3) is 3.81. The van der Waals surface area contributed by atoms with Gasteiger partial charge in [-0.25, -0.2) is 4.79 Å². The molecule has 1 aromatic rings. The Balaban J connectivity index is 3.17. The number of carboxylic acid groups (broad SMARTS) is 1. The molecular formula is C13H12N2O4. The molecule has 0 unspecified atom stereocenters. The number of hydrogen-bond acceptors (Lipinski definition) is 3. The zero-order valence-electron chi connectivity index (χ0n) is 9.97. The molecule has 0 saturated heterocycles. The maximum atomic E-state index is 11.3. The first kappa shape index (κ1) is 14.2. The highest BCUT2D eigenvalue weighted by molar-refractivity contribution is 6.06.